The largest absolute Gasteiger partial charge is 0.418 e. The minimum absolute atomic E-state index is 0.0622. The van der Waals surface area contributed by atoms with E-state index in [4.69, 9.17) is 5.73 Å². The number of sulfonamides is 1. The van der Waals surface area contributed by atoms with Gasteiger partial charge in [0.1, 0.15) is 0 Å². The van der Waals surface area contributed by atoms with Gasteiger partial charge in [-0.25, -0.2) is 17.2 Å². The fraction of sp³-hybridized carbons (Fsp3) is 0.500. The van der Waals surface area contributed by atoms with Gasteiger partial charge in [0.15, 0.2) is 0 Å². The Labute approximate surface area is 123 Å². The first-order chi connectivity index (χ1) is 9.93. The fourth-order valence-electron chi connectivity index (χ4n) is 2.23. The molecule has 1 aliphatic rings. The highest BCUT2D eigenvalue weighted by atomic mass is 32.2. The summed E-state index contributed by atoms with van der Waals surface area (Å²) in [5.41, 5.74) is 3.25. The molecule has 22 heavy (non-hydrogen) atoms. The molecule has 0 spiro atoms. The molecule has 0 aliphatic carbocycles. The Balaban J connectivity index is 2.42. The van der Waals surface area contributed by atoms with E-state index in [1.54, 1.807) is 0 Å². The van der Waals surface area contributed by atoms with Crippen molar-refractivity contribution in [3.8, 4) is 0 Å². The lowest BCUT2D eigenvalue weighted by molar-refractivity contribution is -0.137. The number of hydrogen-bond acceptors (Lipinski definition) is 3. The highest BCUT2D eigenvalue weighted by Gasteiger charge is 2.41. The zero-order valence-electron chi connectivity index (χ0n) is 11.2. The third-order valence-corrected chi connectivity index (χ3v) is 5.17. The van der Waals surface area contributed by atoms with Crippen LogP contribution >= 0.6 is 0 Å². The lowest BCUT2D eigenvalue weighted by Gasteiger charge is -2.31. The lowest BCUT2D eigenvalue weighted by Crippen LogP contribution is -2.45. The summed E-state index contributed by atoms with van der Waals surface area (Å²) in [4.78, 5) is -0.702. The summed E-state index contributed by atoms with van der Waals surface area (Å²) in [7, 11) is -4.43. The summed E-state index contributed by atoms with van der Waals surface area (Å²) in [6, 6.07) is 2.06. The zero-order chi connectivity index (χ0) is 16.8. The van der Waals surface area contributed by atoms with Gasteiger partial charge in [-0.3, -0.25) is 0 Å². The number of nitrogens with two attached hydrogens (primary N) is 1. The van der Waals surface area contributed by atoms with E-state index < -0.39 is 51.2 Å². The Morgan fingerprint density at radius 3 is 2.41 bits per heavy atom. The van der Waals surface area contributed by atoms with Gasteiger partial charge >= 0.3 is 6.18 Å². The molecule has 0 bridgehead atoms. The average Bonchev–Trinajstić information content (AvgIpc) is 2.36. The second-order valence-corrected chi connectivity index (χ2v) is 6.98. The lowest BCUT2D eigenvalue weighted by atomic mass is 10.1. The Kier molecular flexibility index (Phi) is 4.11. The molecule has 124 valence electrons. The van der Waals surface area contributed by atoms with E-state index in [9.17, 15) is 30.4 Å². The van der Waals surface area contributed by atoms with Crippen LogP contribution in [0.15, 0.2) is 23.1 Å². The summed E-state index contributed by atoms with van der Waals surface area (Å²) in [5.74, 6) is -3.19. The van der Waals surface area contributed by atoms with E-state index in [1.165, 1.54) is 0 Å². The Morgan fingerprint density at radius 1 is 1.23 bits per heavy atom. The standard InChI is InChI=1S/C12H13F5N2O2S/c13-11(14)4-1-5-19(7-11)22(20,21)8-2-3-10(18)9(6-8)12(15,16)17/h2-3,6H,1,4-5,7,18H2. The smallest absolute Gasteiger partial charge is 0.398 e. The average molecular weight is 344 g/mol. The minimum Gasteiger partial charge on any atom is -0.398 e. The van der Waals surface area contributed by atoms with Crippen LogP contribution in [0.3, 0.4) is 0 Å². The molecule has 0 amide bonds. The number of benzene rings is 1. The van der Waals surface area contributed by atoms with Crippen LogP contribution in [0, 0.1) is 0 Å². The molecule has 10 heteroatoms. The van der Waals surface area contributed by atoms with Gasteiger partial charge in [-0.1, -0.05) is 0 Å². The summed E-state index contributed by atoms with van der Waals surface area (Å²) >= 11 is 0. The van der Waals surface area contributed by atoms with Crippen molar-refractivity contribution in [2.24, 2.45) is 0 Å². The number of nitrogens with zero attached hydrogens (tertiary/aromatic N) is 1. The van der Waals surface area contributed by atoms with Gasteiger partial charge < -0.3 is 5.73 Å². The summed E-state index contributed by atoms with van der Waals surface area (Å²) in [6.45, 7) is -1.20. The van der Waals surface area contributed by atoms with Gasteiger partial charge in [0.25, 0.3) is 5.92 Å². The SMILES string of the molecule is Nc1ccc(S(=O)(=O)N2CCCC(F)(F)C2)cc1C(F)(F)F. The van der Waals surface area contributed by atoms with Crippen LogP contribution in [0.5, 0.6) is 0 Å². The van der Waals surface area contributed by atoms with Crippen LogP contribution in [-0.4, -0.2) is 31.7 Å². The first-order valence-corrected chi connectivity index (χ1v) is 7.72. The van der Waals surface area contributed by atoms with Crippen molar-refractivity contribution in [1.29, 1.82) is 0 Å². The molecule has 1 aromatic carbocycles. The van der Waals surface area contributed by atoms with Gasteiger partial charge in [-0.15, -0.1) is 0 Å². The van der Waals surface area contributed by atoms with E-state index in [1.807, 2.05) is 0 Å². The first kappa shape index (κ1) is 16.9. The predicted octanol–water partition coefficient (Wildman–Crippen LogP) is 2.71. The number of nitrogen functional groups attached to an aromatic ring is 1. The van der Waals surface area contributed by atoms with Crippen molar-refractivity contribution < 1.29 is 30.4 Å². The maximum atomic E-state index is 13.3. The quantitative estimate of drug-likeness (QED) is 0.663. The number of anilines is 1. The highest BCUT2D eigenvalue weighted by Crippen LogP contribution is 2.36. The van der Waals surface area contributed by atoms with Gasteiger partial charge in [0, 0.05) is 18.7 Å². The maximum Gasteiger partial charge on any atom is 0.418 e. The summed E-state index contributed by atoms with van der Waals surface area (Å²) in [6.07, 6.45) is -5.34. The predicted molar refractivity (Wildman–Crippen MR) is 68.8 cm³/mol. The molecule has 2 rings (SSSR count). The van der Waals surface area contributed by atoms with Crippen LogP contribution in [0.4, 0.5) is 27.6 Å². The second-order valence-electron chi connectivity index (χ2n) is 5.04. The van der Waals surface area contributed by atoms with Crippen molar-refractivity contribution in [2.75, 3.05) is 18.8 Å². The normalized spacial score (nSPS) is 20.0. The first-order valence-electron chi connectivity index (χ1n) is 6.28. The molecule has 1 aliphatic heterocycles. The van der Waals surface area contributed by atoms with Crippen molar-refractivity contribution in [2.45, 2.75) is 29.8 Å². The van der Waals surface area contributed by atoms with Crippen LogP contribution in [0.25, 0.3) is 0 Å². The Hall–Kier alpha value is -1.42. The number of alkyl halides is 5. The summed E-state index contributed by atoms with van der Waals surface area (Å²) < 4.78 is 90.0. The Bertz CT molecular complexity index is 673. The van der Waals surface area contributed by atoms with Crippen LogP contribution in [0.2, 0.25) is 0 Å². The van der Waals surface area contributed by atoms with Gasteiger partial charge in [0.05, 0.1) is 17.0 Å². The van der Waals surface area contributed by atoms with Crippen LogP contribution in [0.1, 0.15) is 18.4 Å². The highest BCUT2D eigenvalue weighted by molar-refractivity contribution is 7.89. The number of halogens is 5. The maximum absolute atomic E-state index is 13.3. The molecule has 0 saturated carbocycles. The molecule has 1 aromatic rings. The topological polar surface area (TPSA) is 63.4 Å². The second kappa shape index (κ2) is 5.34. The third-order valence-electron chi connectivity index (χ3n) is 3.33. The molecule has 1 heterocycles. The van der Waals surface area contributed by atoms with E-state index >= 15 is 0 Å². The van der Waals surface area contributed by atoms with Gasteiger partial charge in [0.2, 0.25) is 10.0 Å². The molecule has 4 nitrogen and oxygen atoms in total. The molecule has 0 atom stereocenters. The van der Waals surface area contributed by atoms with Crippen molar-refractivity contribution in [3.63, 3.8) is 0 Å². The van der Waals surface area contributed by atoms with E-state index in [-0.39, 0.29) is 13.0 Å². The van der Waals surface area contributed by atoms with Crippen molar-refractivity contribution >= 4 is 15.7 Å². The number of hydrogen-bond donors (Lipinski definition) is 1. The molecule has 0 aromatic heterocycles. The van der Waals surface area contributed by atoms with Crippen molar-refractivity contribution in [1.82, 2.24) is 4.31 Å². The molecular formula is C12H13F5N2O2S. The van der Waals surface area contributed by atoms with Crippen LogP contribution < -0.4 is 5.73 Å². The summed E-state index contributed by atoms with van der Waals surface area (Å²) in [5, 5.41) is 0. The molecule has 1 fully saturated rings. The van der Waals surface area contributed by atoms with Gasteiger partial charge in [-0.2, -0.15) is 17.5 Å². The molecule has 0 radical (unpaired) electrons. The fourth-order valence-corrected chi connectivity index (χ4v) is 3.76. The number of rotatable bonds is 2. The molecular weight excluding hydrogens is 331 g/mol. The molecule has 2 N–H and O–H groups in total. The number of piperidine rings is 1. The van der Waals surface area contributed by atoms with Gasteiger partial charge in [-0.05, 0) is 24.6 Å². The van der Waals surface area contributed by atoms with E-state index in [0.29, 0.717) is 10.4 Å². The monoisotopic (exact) mass is 344 g/mol. The third kappa shape index (κ3) is 3.32. The van der Waals surface area contributed by atoms with Crippen molar-refractivity contribution in [3.05, 3.63) is 23.8 Å². The van der Waals surface area contributed by atoms with Crippen LogP contribution in [-0.2, 0) is 16.2 Å². The molecule has 0 unspecified atom stereocenters. The Morgan fingerprint density at radius 2 is 1.86 bits per heavy atom. The zero-order valence-corrected chi connectivity index (χ0v) is 12.0. The molecule has 1 saturated heterocycles. The van der Waals surface area contributed by atoms with E-state index in [0.717, 1.165) is 12.1 Å². The minimum atomic E-state index is -4.83. The van der Waals surface area contributed by atoms with E-state index in [2.05, 4.69) is 0 Å².